The van der Waals surface area contributed by atoms with E-state index >= 15 is 0 Å². The van der Waals surface area contributed by atoms with E-state index in [4.69, 9.17) is 11.6 Å². The minimum absolute atomic E-state index is 0.114. The van der Waals surface area contributed by atoms with E-state index in [2.05, 4.69) is 14.8 Å². The van der Waals surface area contributed by atoms with Crippen LogP contribution in [0, 0.1) is 0 Å². The molecule has 7 heteroatoms. The number of benzene rings is 1. The predicted octanol–water partition coefficient (Wildman–Crippen LogP) is 1.47. The third-order valence-electron chi connectivity index (χ3n) is 2.38. The van der Waals surface area contributed by atoms with Crippen molar-refractivity contribution in [3.8, 4) is 0 Å². The van der Waals surface area contributed by atoms with Gasteiger partial charge in [0.05, 0.1) is 26.9 Å². The Morgan fingerprint density at radius 2 is 2.05 bits per heavy atom. The molecule has 20 heavy (non-hydrogen) atoms. The summed E-state index contributed by atoms with van der Waals surface area (Å²) in [5.41, 5.74) is 0.783. The van der Waals surface area contributed by atoms with Crippen LogP contribution in [0.5, 0.6) is 0 Å². The highest BCUT2D eigenvalue weighted by Gasteiger charge is 2.14. The number of nitrogens with one attached hydrogen (secondary N) is 1. The summed E-state index contributed by atoms with van der Waals surface area (Å²) in [7, 11) is 2.37. The van der Waals surface area contributed by atoms with Crippen molar-refractivity contribution in [2.75, 3.05) is 19.5 Å². The van der Waals surface area contributed by atoms with Gasteiger partial charge in [-0.1, -0.05) is 11.6 Å². The van der Waals surface area contributed by atoms with Gasteiger partial charge in [-0.15, -0.1) is 0 Å². The molecule has 108 valence electrons. The van der Waals surface area contributed by atoms with Crippen LogP contribution in [0.1, 0.15) is 5.56 Å². The lowest BCUT2D eigenvalue weighted by atomic mass is 10.2. The summed E-state index contributed by atoms with van der Waals surface area (Å²) >= 11 is 5.81. The number of aliphatic hydroxyl groups is 1. The molecule has 0 atom stereocenters. The number of carbonyl (C=O) groups excluding carboxylic acids is 2. The molecule has 0 spiro atoms. The molecule has 0 radical (unpaired) electrons. The van der Waals surface area contributed by atoms with E-state index in [0.717, 1.165) is 6.08 Å². The highest BCUT2D eigenvalue weighted by atomic mass is 35.5. The molecule has 0 saturated heterocycles. The summed E-state index contributed by atoms with van der Waals surface area (Å²) in [6.07, 6.45) is 0.960. The van der Waals surface area contributed by atoms with E-state index in [-0.39, 0.29) is 12.3 Å². The van der Waals surface area contributed by atoms with Gasteiger partial charge in [0, 0.05) is 16.3 Å². The third-order valence-corrected chi connectivity index (χ3v) is 2.61. The molecule has 0 bridgehead atoms. The molecule has 1 rings (SSSR count). The molecule has 1 aromatic rings. The van der Waals surface area contributed by atoms with Crippen molar-refractivity contribution in [1.82, 2.24) is 0 Å². The van der Waals surface area contributed by atoms with E-state index < -0.39 is 11.9 Å². The maximum absolute atomic E-state index is 11.6. The van der Waals surface area contributed by atoms with Crippen LogP contribution < -0.4 is 5.32 Å². The number of aliphatic hydroxyl groups excluding tert-OH is 1. The van der Waals surface area contributed by atoms with Gasteiger partial charge >= 0.3 is 11.9 Å². The quantitative estimate of drug-likeness (QED) is 0.633. The number of esters is 2. The van der Waals surface area contributed by atoms with Crippen molar-refractivity contribution in [3.63, 3.8) is 0 Å². The van der Waals surface area contributed by atoms with Crippen molar-refractivity contribution >= 4 is 29.2 Å². The van der Waals surface area contributed by atoms with Crippen LogP contribution >= 0.6 is 11.6 Å². The normalized spacial score (nSPS) is 10.9. The van der Waals surface area contributed by atoms with Crippen molar-refractivity contribution in [3.05, 3.63) is 40.6 Å². The van der Waals surface area contributed by atoms with Crippen molar-refractivity contribution < 1.29 is 24.2 Å². The molecule has 6 nitrogen and oxygen atoms in total. The third kappa shape index (κ3) is 4.25. The largest absolute Gasteiger partial charge is 0.466 e. The minimum atomic E-state index is -0.741. The van der Waals surface area contributed by atoms with Crippen LogP contribution in [-0.4, -0.2) is 31.3 Å². The second-order valence-corrected chi connectivity index (χ2v) is 4.09. The van der Waals surface area contributed by atoms with Crippen molar-refractivity contribution in [2.45, 2.75) is 6.61 Å². The van der Waals surface area contributed by atoms with Crippen molar-refractivity contribution in [2.24, 2.45) is 0 Å². The first-order chi connectivity index (χ1) is 9.51. The molecule has 0 heterocycles. The fourth-order valence-corrected chi connectivity index (χ4v) is 1.59. The summed E-state index contributed by atoms with van der Waals surface area (Å²) < 4.78 is 9.02. The fourth-order valence-electron chi connectivity index (χ4n) is 1.39. The second kappa shape index (κ2) is 7.52. The van der Waals surface area contributed by atoms with Gasteiger partial charge in [0.1, 0.15) is 5.70 Å². The number of methoxy groups -OCH3 is 2. The second-order valence-electron chi connectivity index (χ2n) is 3.66. The van der Waals surface area contributed by atoms with Gasteiger partial charge in [-0.25, -0.2) is 9.59 Å². The smallest absolute Gasteiger partial charge is 0.354 e. The molecular weight excluding hydrogens is 286 g/mol. The highest BCUT2D eigenvalue weighted by Crippen LogP contribution is 2.22. The zero-order valence-electron chi connectivity index (χ0n) is 11.0. The summed E-state index contributed by atoms with van der Waals surface area (Å²) in [4.78, 5) is 22.8. The Labute approximate surface area is 120 Å². The van der Waals surface area contributed by atoms with Gasteiger partial charge in [-0.05, 0) is 18.2 Å². The van der Waals surface area contributed by atoms with Gasteiger partial charge in [-0.2, -0.15) is 0 Å². The molecule has 0 amide bonds. The Hall–Kier alpha value is -2.05. The summed E-state index contributed by atoms with van der Waals surface area (Å²) in [6.45, 7) is -0.282. The molecule has 2 N–H and O–H groups in total. The number of carbonyl (C=O) groups is 2. The summed E-state index contributed by atoms with van der Waals surface area (Å²) in [6, 6.07) is 4.69. The maximum Gasteiger partial charge on any atom is 0.354 e. The van der Waals surface area contributed by atoms with Gasteiger partial charge < -0.3 is 19.9 Å². The lowest BCUT2D eigenvalue weighted by molar-refractivity contribution is -0.138. The number of anilines is 1. The zero-order valence-corrected chi connectivity index (χ0v) is 11.7. The van der Waals surface area contributed by atoms with E-state index in [9.17, 15) is 14.7 Å². The van der Waals surface area contributed by atoms with Crippen LogP contribution in [0.4, 0.5) is 5.69 Å². The number of hydrogen-bond acceptors (Lipinski definition) is 6. The molecule has 0 aliphatic rings. The predicted molar refractivity (Wildman–Crippen MR) is 73.1 cm³/mol. The SMILES string of the molecule is COC(=O)/C=C(/Nc1ccc(Cl)cc1CO)C(=O)OC. The molecule has 0 aliphatic heterocycles. The number of ether oxygens (including phenoxy) is 2. The Morgan fingerprint density at radius 1 is 1.35 bits per heavy atom. The van der Waals surface area contributed by atoms with E-state index in [0.29, 0.717) is 16.3 Å². The van der Waals surface area contributed by atoms with E-state index in [1.165, 1.54) is 20.3 Å². The molecule has 0 aliphatic carbocycles. The van der Waals surface area contributed by atoms with Crippen LogP contribution in [0.2, 0.25) is 5.02 Å². The standard InChI is InChI=1S/C13H14ClNO5/c1-19-12(17)6-11(13(18)20-2)15-10-4-3-9(14)5-8(10)7-16/h3-6,15-16H,7H2,1-2H3/b11-6+. The maximum atomic E-state index is 11.6. The van der Waals surface area contributed by atoms with Gasteiger partial charge in [0.15, 0.2) is 0 Å². The number of hydrogen-bond donors (Lipinski definition) is 2. The molecule has 0 fully saturated rings. The Bertz CT molecular complexity index is 542. The van der Waals surface area contributed by atoms with Gasteiger partial charge in [0.2, 0.25) is 0 Å². The molecule has 1 aromatic carbocycles. The molecule has 0 saturated carbocycles. The van der Waals surface area contributed by atoms with E-state index in [1.807, 2.05) is 0 Å². The average Bonchev–Trinajstić information content (AvgIpc) is 2.46. The van der Waals surface area contributed by atoms with Crippen LogP contribution in [0.25, 0.3) is 0 Å². The fraction of sp³-hybridized carbons (Fsp3) is 0.231. The number of halogens is 1. The summed E-state index contributed by atoms with van der Waals surface area (Å²) in [5.74, 6) is -1.45. The molecule has 0 unspecified atom stereocenters. The first-order valence-corrected chi connectivity index (χ1v) is 5.94. The minimum Gasteiger partial charge on any atom is -0.466 e. The average molecular weight is 300 g/mol. The Kier molecular flexibility index (Phi) is 6.02. The first-order valence-electron chi connectivity index (χ1n) is 5.56. The highest BCUT2D eigenvalue weighted by molar-refractivity contribution is 6.30. The Morgan fingerprint density at radius 3 is 2.60 bits per heavy atom. The lowest BCUT2D eigenvalue weighted by Crippen LogP contribution is -2.16. The van der Waals surface area contributed by atoms with Crippen molar-refractivity contribution in [1.29, 1.82) is 0 Å². The van der Waals surface area contributed by atoms with Gasteiger partial charge in [0.25, 0.3) is 0 Å². The number of rotatable bonds is 5. The Balaban J connectivity index is 3.10. The van der Waals surface area contributed by atoms with Crippen LogP contribution in [0.15, 0.2) is 30.0 Å². The molecular formula is C13H14ClNO5. The first kappa shape index (κ1) is 16.0. The topological polar surface area (TPSA) is 84.9 Å². The monoisotopic (exact) mass is 299 g/mol. The lowest BCUT2D eigenvalue weighted by Gasteiger charge is -2.12. The zero-order chi connectivity index (χ0) is 15.1. The van der Waals surface area contributed by atoms with Crippen LogP contribution in [-0.2, 0) is 25.7 Å². The summed E-state index contributed by atoms with van der Waals surface area (Å²) in [5, 5.41) is 12.4. The molecule has 0 aromatic heterocycles. The van der Waals surface area contributed by atoms with Crippen LogP contribution in [0.3, 0.4) is 0 Å². The van der Waals surface area contributed by atoms with E-state index in [1.54, 1.807) is 12.1 Å². The van der Waals surface area contributed by atoms with Gasteiger partial charge in [-0.3, -0.25) is 0 Å².